The van der Waals surface area contributed by atoms with Gasteiger partial charge < -0.3 is 34.6 Å². The molecule has 3 N–H and O–H groups in total. The second-order valence-corrected chi connectivity index (χ2v) is 12.6. The van der Waals surface area contributed by atoms with Crippen LogP contribution in [0.2, 0.25) is 0 Å². The van der Waals surface area contributed by atoms with E-state index in [2.05, 4.69) is 39.7 Å². The molecule has 5 aromatic heterocycles. The number of nitro groups is 2. The van der Waals surface area contributed by atoms with Crippen molar-refractivity contribution in [3.63, 3.8) is 0 Å². The van der Waals surface area contributed by atoms with Gasteiger partial charge in [0, 0.05) is 24.4 Å². The number of aryl methyl sites for hydroxylation is 4. The molecule has 0 radical (unpaired) electrons. The van der Waals surface area contributed by atoms with Crippen LogP contribution in [0.25, 0.3) is 0 Å². The highest BCUT2D eigenvalue weighted by molar-refractivity contribution is 5.59. The summed E-state index contributed by atoms with van der Waals surface area (Å²) in [6.07, 6.45) is 2.30. The molecule has 5 heterocycles. The van der Waals surface area contributed by atoms with Crippen molar-refractivity contribution in [1.29, 1.82) is 0 Å². The van der Waals surface area contributed by atoms with Crippen LogP contribution in [0, 0.1) is 83.2 Å². The van der Waals surface area contributed by atoms with E-state index < -0.39 is 50.7 Å². The zero-order chi connectivity index (χ0) is 48.0. The van der Waals surface area contributed by atoms with Crippen molar-refractivity contribution in [3.05, 3.63) is 149 Å². The van der Waals surface area contributed by atoms with E-state index in [-0.39, 0.29) is 63.8 Å². The molecule has 0 spiro atoms. The Balaban J connectivity index is 0.000000252. The Morgan fingerprint density at radius 3 is 1.69 bits per heavy atom. The van der Waals surface area contributed by atoms with Gasteiger partial charge in [-0.05, 0) is 45.4 Å². The summed E-state index contributed by atoms with van der Waals surface area (Å²) >= 11 is 0. The molecule has 0 aliphatic rings. The van der Waals surface area contributed by atoms with Crippen molar-refractivity contribution in [2.24, 2.45) is 0 Å². The number of aromatic nitrogens is 6. The van der Waals surface area contributed by atoms with Crippen molar-refractivity contribution in [1.82, 2.24) is 29.5 Å². The van der Waals surface area contributed by atoms with Gasteiger partial charge in [-0.1, -0.05) is 0 Å². The number of hydrogen-bond donors (Lipinski definition) is 2. The molecule has 6 rings (SSSR count). The largest absolute Gasteiger partial charge is 0.495 e. The summed E-state index contributed by atoms with van der Waals surface area (Å²) in [7, 11) is 5.29. The van der Waals surface area contributed by atoms with E-state index in [9.17, 15) is 51.4 Å². The van der Waals surface area contributed by atoms with Gasteiger partial charge in [0.05, 0.1) is 85.9 Å². The van der Waals surface area contributed by atoms with E-state index in [1.807, 2.05) is 0 Å². The fourth-order valence-electron chi connectivity index (χ4n) is 4.92. The first kappa shape index (κ1) is 50.2. The molecule has 0 bridgehead atoms. The Hall–Kier alpha value is -8.12. The fourth-order valence-corrected chi connectivity index (χ4v) is 4.92. The summed E-state index contributed by atoms with van der Waals surface area (Å²) in [4.78, 5) is 49.3. The van der Waals surface area contributed by atoms with Gasteiger partial charge in [0.15, 0.2) is 17.2 Å². The Bertz CT molecular complexity index is 2690. The van der Waals surface area contributed by atoms with Gasteiger partial charge >= 0.3 is 5.56 Å². The fraction of sp³-hybridized carbons (Fsp3) is 0.231. The third-order valence-electron chi connectivity index (χ3n) is 8.21. The molecule has 25 heteroatoms. The van der Waals surface area contributed by atoms with E-state index in [4.69, 9.17) is 15.2 Å². The zero-order valence-corrected chi connectivity index (χ0v) is 35.0. The maximum absolute atomic E-state index is 13.8. The van der Waals surface area contributed by atoms with Crippen molar-refractivity contribution in [2.45, 2.75) is 34.2 Å². The minimum absolute atomic E-state index is 0.0191. The van der Waals surface area contributed by atoms with E-state index in [0.717, 1.165) is 29.0 Å². The van der Waals surface area contributed by atoms with E-state index in [0.29, 0.717) is 28.9 Å². The van der Waals surface area contributed by atoms with E-state index >= 15 is 0 Å². The van der Waals surface area contributed by atoms with E-state index in [1.165, 1.54) is 66.7 Å². The smallest absolute Gasteiger partial charge is 0.310 e. The second-order valence-electron chi connectivity index (χ2n) is 12.6. The van der Waals surface area contributed by atoms with Gasteiger partial charge in [0.2, 0.25) is 11.8 Å². The van der Waals surface area contributed by atoms with Crippen LogP contribution in [0.15, 0.2) is 59.7 Å². The summed E-state index contributed by atoms with van der Waals surface area (Å²) in [5.74, 6) is -5.09. The van der Waals surface area contributed by atoms with Crippen LogP contribution in [0.3, 0.4) is 0 Å². The van der Waals surface area contributed by atoms with Crippen molar-refractivity contribution >= 4 is 28.7 Å². The first-order valence-electron chi connectivity index (χ1n) is 17.8. The third-order valence-corrected chi connectivity index (χ3v) is 8.21. The number of anilines is 3. The van der Waals surface area contributed by atoms with Gasteiger partial charge in [-0.15, -0.1) is 0 Å². The summed E-state index contributed by atoms with van der Waals surface area (Å²) < 4.78 is 99.9. The number of pyridine rings is 4. The average molecular weight is 905 g/mol. The first-order valence-corrected chi connectivity index (χ1v) is 17.8. The SMILES string of the molecule is COc1cc(N)c(C)nc1F.COc1cc(Nc2nc(=O)c(F)cn2Cc2cc(F)cc(F)c2)c(C)nc1F.COc1cc([N+](=O)[O-])c(C)nc1F.COc1cnc(C)c([N+](=O)[O-])c1. The molecular weight excluding hydrogens is 866 g/mol. The van der Waals surface area contributed by atoms with Crippen LogP contribution in [0.4, 0.5) is 55.0 Å². The number of hydrogen-bond acceptors (Lipinski definition) is 16. The third kappa shape index (κ3) is 13.7. The van der Waals surface area contributed by atoms with Crippen LogP contribution in [0.5, 0.6) is 23.0 Å². The summed E-state index contributed by atoms with van der Waals surface area (Å²) in [5, 5.41) is 23.5. The van der Waals surface area contributed by atoms with Crippen LogP contribution in [-0.2, 0) is 6.54 Å². The summed E-state index contributed by atoms with van der Waals surface area (Å²) in [5.41, 5.74) is 6.03. The lowest BCUT2D eigenvalue weighted by molar-refractivity contribution is -0.386. The van der Waals surface area contributed by atoms with Crippen LogP contribution in [-0.4, -0.2) is 67.8 Å². The van der Waals surface area contributed by atoms with Gasteiger partial charge in [-0.3, -0.25) is 30.0 Å². The number of ether oxygens (including phenoxy) is 4. The van der Waals surface area contributed by atoms with Crippen LogP contribution < -0.4 is 35.6 Å². The highest BCUT2D eigenvalue weighted by atomic mass is 19.2. The van der Waals surface area contributed by atoms with Crippen LogP contribution >= 0.6 is 0 Å². The lowest BCUT2D eigenvalue weighted by Crippen LogP contribution is -2.20. The molecule has 64 heavy (non-hydrogen) atoms. The number of rotatable bonds is 10. The molecule has 1 aromatic carbocycles. The number of benzene rings is 1. The molecule has 0 saturated heterocycles. The van der Waals surface area contributed by atoms with E-state index in [1.54, 1.807) is 13.8 Å². The second kappa shape index (κ2) is 22.6. The first-order chi connectivity index (χ1) is 30.1. The number of nitrogens with zero attached hydrogens (tertiary/aromatic N) is 8. The molecule has 0 saturated carbocycles. The Labute approximate surface area is 358 Å². The monoisotopic (exact) mass is 904 g/mol. The molecule has 6 aromatic rings. The molecule has 0 amide bonds. The predicted octanol–water partition coefficient (Wildman–Crippen LogP) is 7.18. The summed E-state index contributed by atoms with van der Waals surface area (Å²) in [6.45, 7) is 5.89. The highest BCUT2D eigenvalue weighted by Gasteiger charge is 2.18. The highest BCUT2D eigenvalue weighted by Crippen LogP contribution is 2.27. The number of halogens is 6. The quantitative estimate of drug-likeness (QED) is 0.0598. The summed E-state index contributed by atoms with van der Waals surface area (Å²) in [6, 6.07) is 7.90. The predicted molar refractivity (Wildman–Crippen MR) is 217 cm³/mol. The number of nitrogen functional groups attached to an aromatic ring is 1. The normalized spacial score (nSPS) is 10.2. The molecule has 0 aliphatic heterocycles. The standard InChI is InChI=1S/C18H14F4N4O2.C7H7FN2O3.C7H9FN2O.C7H8N2O3/c1-9-14(6-15(28-2)16(22)23-9)24-18-25-17(27)13(21)8-26(18)7-10-3-11(19)5-12(20)4-10;1-4-5(10(11)12)3-6(13-2)7(8)9-4;1-4-5(9)3-6(11-2)7(8)10-4;1-5-7(9(10)11)3-6(12-2)4-8-5/h3-6,8H,7H2,1-2H3,(H,24,25,27);3H,1-2H3;3H,9H2,1-2H3;3-4H,1-2H3. The zero-order valence-electron chi connectivity index (χ0n) is 35.0. The van der Waals surface area contributed by atoms with Gasteiger partial charge in [-0.2, -0.15) is 22.5 Å². The topological polar surface area (TPSA) is 248 Å². The molecule has 0 unspecified atom stereocenters. The number of methoxy groups -OCH3 is 4. The number of nitrogens with one attached hydrogen (secondary N) is 1. The van der Waals surface area contributed by atoms with Crippen LogP contribution in [0.1, 0.15) is 28.3 Å². The van der Waals surface area contributed by atoms with Gasteiger partial charge in [0.1, 0.15) is 28.8 Å². The molecule has 19 nitrogen and oxygen atoms in total. The molecule has 0 aliphatic carbocycles. The molecule has 340 valence electrons. The molecule has 0 fully saturated rings. The maximum Gasteiger partial charge on any atom is 0.310 e. The minimum atomic E-state index is -1.14. The number of nitrogens with two attached hydrogens (primary N) is 1. The van der Waals surface area contributed by atoms with Gasteiger partial charge in [0.25, 0.3) is 29.2 Å². The maximum atomic E-state index is 13.8. The molecule has 0 atom stereocenters. The Kier molecular flexibility index (Phi) is 17.8. The van der Waals surface area contributed by atoms with Crippen molar-refractivity contribution in [2.75, 3.05) is 39.5 Å². The lowest BCUT2D eigenvalue weighted by atomic mass is 10.2. The average Bonchev–Trinajstić information content (AvgIpc) is 3.22. The lowest BCUT2D eigenvalue weighted by Gasteiger charge is -2.16. The Morgan fingerprint density at radius 2 is 1.16 bits per heavy atom. The molecular formula is C39H38F6N10O9. The van der Waals surface area contributed by atoms with Crippen molar-refractivity contribution in [3.8, 4) is 23.0 Å². The minimum Gasteiger partial charge on any atom is -0.495 e. The Morgan fingerprint density at radius 1 is 0.656 bits per heavy atom. The van der Waals surface area contributed by atoms with Crippen molar-refractivity contribution < 1.29 is 55.1 Å². The van der Waals surface area contributed by atoms with Gasteiger partial charge in [-0.25, -0.2) is 23.7 Å².